The molecular formula is C15H18BrN. The highest BCUT2D eigenvalue weighted by atomic mass is 79.9. The molecule has 1 fully saturated rings. The highest BCUT2D eigenvalue weighted by Gasteiger charge is 2.57. The van der Waals surface area contributed by atoms with Gasteiger partial charge in [-0.25, -0.2) is 4.98 Å². The highest BCUT2D eigenvalue weighted by molar-refractivity contribution is 9.10. The number of hydrogen-bond acceptors (Lipinski definition) is 1. The first kappa shape index (κ1) is 11.5. The van der Waals surface area contributed by atoms with E-state index in [1.54, 1.807) is 0 Å². The average molecular weight is 292 g/mol. The molecule has 1 aromatic rings. The molecule has 2 atom stereocenters. The van der Waals surface area contributed by atoms with E-state index in [1.807, 2.05) is 6.07 Å². The lowest BCUT2D eigenvalue weighted by atomic mass is 9.67. The molecular weight excluding hydrogens is 274 g/mol. The Morgan fingerprint density at radius 3 is 2.59 bits per heavy atom. The van der Waals surface area contributed by atoms with Gasteiger partial charge in [-0.1, -0.05) is 32.9 Å². The van der Waals surface area contributed by atoms with Crippen molar-refractivity contribution in [3.05, 3.63) is 34.6 Å². The maximum absolute atomic E-state index is 4.63. The number of aromatic nitrogens is 1. The van der Waals surface area contributed by atoms with Crippen LogP contribution in [0.25, 0.3) is 5.57 Å². The topological polar surface area (TPSA) is 12.9 Å². The zero-order chi connectivity index (χ0) is 12.3. The molecule has 1 heterocycles. The van der Waals surface area contributed by atoms with Gasteiger partial charge in [0.15, 0.2) is 0 Å². The van der Waals surface area contributed by atoms with Crippen molar-refractivity contribution in [3.8, 4) is 0 Å². The van der Waals surface area contributed by atoms with Crippen LogP contribution in [-0.4, -0.2) is 4.98 Å². The van der Waals surface area contributed by atoms with Gasteiger partial charge in [-0.3, -0.25) is 0 Å². The van der Waals surface area contributed by atoms with E-state index in [2.05, 4.69) is 59.9 Å². The van der Waals surface area contributed by atoms with Crippen molar-refractivity contribution in [1.29, 1.82) is 0 Å². The monoisotopic (exact) mass is 291 g/mol. The van der Waals surface area contributed by atoms with Gasteiger partial charge in [-0.2, -0.15) is 0 Å². The molecule has 2 heteroatoms. The summed E-state index contributed by atoms with van der Waals surface area (Å²) in [6.07, 6.45) is 5.10. The molecule has 17 heavy (non-hydrogen) atoms. The van der Waals surface area contributed by atoms with Gasteiger partial charge in [-0.15, -0.1) is 0 Å². The Bertz CT molecular complexity index is 503. The molecule has 1 nitrogen and oxygen atoms in total. The number of fused-ring (bicyclic) bond motifs is 2. The molecule has 2 bridgehead atoms. The molecule has 0 radical (unpaired) electrons. The number of allylic oxidation sites excluding steroid dienone is 2. The van der Waals surface area contributed by atoms with Crippen molar-refractivity contribution in [2.45, 2.75) is 33.6 Å². The van der Waals surface area contributed by atoms with Crippen LogP contribution >= 0.6 is 15.9 Å². The zero-order valence-corrected chi connectivity index (χ0v) is 12.2. The standard InChI is InChI=1S/C15H18BrN/c1-14(2)10-7-8-15(14,3)11(9-10)12-5-4-6-13(16)17-12/h4-6,9-10H,7-8H2,1-3H3/t10-,15-/m1/s1. The van der Waals surface area contributed by atoms with Gasteiger partial charge in [0.2, 0.25) is 0 Å². The summed E-state index contributed by atoms with van der Waals surface area (Å²) in [5.41, 5.74) is 3.29. The Labute approximate surface area is 111 Å². The van der Waals surface area contributed by atoms with Crippen molar-refractivity contribution in [2.24, 2.45) is 16.7 Å². The summed E-state index contributed by atoms with van der Waals surface area (Å²) in [5.74, 6) is 0.725. The molecule has 0 saturated heterocycles. The maximum atomic E-state index is 4.63. The zero-order valence-electron chi connectivity index (χ0n) is 10.6. The van der Waals surface area contributed by atoms with Crippen molar-refractivity contribution in [3.63, 3.8) is 0 Å². The van der Waals surface area contributed by atoms with Crippen LogP contribution in [0.15, 0.2) is 28.9 Å². The Hall–Kier alpha value is -0.630. The summed E-state index contributed by atoms with van der Waals surface area (Å²) in [7, 11) is 0. The molecule has 2 aliphatic rings. The fourth-order valence-electron chi connectivity index (χ4n) is 3.62. The summed E-state index contributed by atoms with van der Waals surface area (Å²) in [4.78, 5) is 4.63. The Morgan fingerprint density at radius 1 is 1.29 bits per heavy atom. The first-order valence-electron chi connectivity index (χ1n) is 6.30. The van der Waals surface area contributed by atoms with Crippen LogP contribution in [0.2, 0.25) is 0 Å². The van der Waals surface area contributed by atoms with E-state index in [1.165, 1.54) is 18.4 Å². The summed E-state index contributed by atoms with van der Waals surface area (Å²) in [6, 6.07) is 6.21. The Kier molecular flexibility index (Phi) is 2.32. The van der Waals surface area contributed by atoms with Gasteiger partial charge in [0.1, 0.15) is 4.60 Å². The molecule has 2 aliphatic carbocycles. The largest absolute Gasteiger partial charge is 0.241 e. The van der Waals surface area contributed by atoms with Gasteiger partial charge >= 0.3 is 0 Å². The van der Waals surface area contributed by atoms with Gasteiger partial charge in [0.25, 0.3) is 0 Å². The van der Waals surface area contributed by atoms with E-state index >= 15 is 0 Å². The van der Waals surface area contributed by atoms with Gasteiger partial charge in [0.05, 0.1) is 5.69 Å². The fraction of sp³-hybridized carbons (Fsp3) is 0.533. The van der Waals surface area contributed by atoms with Crippen LogP contribution in [0, 0.1) is 16.7 Å². The van der Waals surface area contributed by atoms with Crippen LogP contribution < -0.4 is 0 Å². The van der Waals surface area contributed by atoms with Crippen molar-refractivity contribution in [1.82, 2.24) is 4.98 Å². The van der Waals surface area contributed by atoms with E-state index in [4.69, 9.17) is 0 Å². The number of halogens is 1. The smallest absolute Gasteiger partial charge is 0.106 e. The number of rotatable bonds is 1. The first-order valence-corrected chi connectivity index (χ1v) is 7.10. The molecule has 1 saturated carbocycles. The van der Waals surface area contributed by atoms with Crippen LogP contribution in [0.1, 0.15) is 39.3 Å². The number of nitrogens with zero attached hydrogens (tertiary/aromatic N) is 1. The predicted octanol–water partition coefficient (Wildman–Crippen LogP) is 4.68. The lowest BCUT2D eigenvalue weighted by Crippen LogP contribution is -2.29. The summed E-state index contributed by atoms with van der Waals surface area (Å²) >= 11 is 3.47. The Morgan fingerprint density at radius 2 is 2.06 bits per heavy atom. The van der Waals surface area contributed by atoms with E-state index in [9.17, 15) is 0 Å². The normalized spacial score (nSPS) is 33.9. The second-order valence-electron chi connectivity index (χ2n) is 6.12. The van der Waals surface area contributed by atoms with Crippen LogP contribution in [0.5, 0.6) is 0 Å². The molecule has 3 rings (SSSR count). The molecule has 0 unspecified atom stereocenters. The molecule has 0 spiro atoms. The third kappa shape index (κ3) is 1.40. The fourth-order valence-corrected chi connectivity index (χ4v) is 3.96. The minimum atomic E-state index is 0.297. The van der Waals surface area contributed by atoms with Crippen molar-refractivity contribution >= 4 is 21.5 Å². The SMILES string of the molecule is CC1(C)[C@H]2C=C(c3cccc(Br)n3)[C@@]1(C)CC2. The van der Waals surface area contributed by atoms with Gasteiger partial charge in [-0.05, 0) is 63.2 Å². The average Bonchev–Trinajstić information content (AvgIpc) is 2.61. The van der Waals surface area contributed by atoms with E-state index < -0.39 is 0 Å². The van der Waals surface area contributed by atoms with E-state index in [0.29, 0.717) is 10.8 Å². The second-order valence-corrected chi connectivity index (χ2v) is 6.94. The van der Waals surface area contributed by atoms with Gasteiger partial charge in [0, 0.05) is 0 Å². The van der Waals surface area contributed by atoms with E-state index in [0.717, 1.165) is 16.2 Å². The van der Waals surface area contributed by atoms with Crippen molar-refractivity contribution in [2.75, 3.05) is 0 Å². The van der Waals surface area contributed by atoms with E-state index in [-0.39, 0.29) is 0 Å². The second kappa shape index (κ2) is 3.44. The summed E-state index contributed by atoms with van der Waals surface area (Å²) in [6.45, 7) is 7.23. The minimum absolute atomic E-state index is 0.297. The predicted molar refractivity (Wildman–Crippen MR) is 74.5 cm³/mol. The molecule has 1 aromatic heterocycles. The third-order valence-electron chi connectivity index (χ3n) is 5.26. The lowest BCUT2D eigenvalue weighted by Gasteiger charge is -2.37. The quantitative estimate of drug-likeness (QED) is 0.685. The highest BCUT2D eigenvalue weighted by Crippen LogP contribution is 2.67. The number of hydrogen-bond donors (Lipinski definition) is 0. The lowest BCUT2D eigenvalue weighted by molar-refractivity contribution is 0.189. The molecule has 0 aromatic carbocycles. The molecule has 0 N–H and O–H groups in total. The van der Waals surface area contributed by atoms with Crippen LogP contribution in [0.3, 0.4) is 0 Å². The molecule has 90 valence electrons. The van der Waals surface area contributed by atoms with Crippen LogP contribution in [0.4, 0.5) is 0 Å². The maximum Gasteiger partial charge on any atom is 0.106 e. The minimum Gasteiger partial charge on any atom is -0.241 e. The first-order chi connectivity index (χ1) is 7.95. The van der Waals surface area contributed by atoms with Crippen molar-refractivity contribution < 1.29 is 0 Å². The third-order valence-corrected chi connectivity index (χ3v) is 5.70. The summed E-state index contributed by atoms with van der Waals surface area (Å²) < 4.78 is 0.931. The summed E-state index contributed by atoms with van der Waals surface area (Å²) in [5, 5.41) is 0. The van der Waals surface area contributed by atoms with Gasteiger partial charge < -0.3 is 0 Å². The molecule has 0 amide bonds. The Balaban J connectivity index is 2.10. The molecule has 0 aliphatic heterocycles. The number of pyridine rings is 1. The van der Waals surface area contributed by atoms with Crippen LogP contribution in [-0.2, 0) is 0 Å².